The van der Waals surface area contributed by atoms with E-state index in [1.807, 2.05) is 0 Å². The lowest BCUT2D eigenvalue weighted by Crippen LogP contribution is -1.88. The van der Waals surface area contributed by atoms with Crippen LogP contribution in [0.15, 0.2) is 24.4 Å². The van der Waals surface area contributed by atoms with Gasteiger partial charge in [0, 0.05) is 6.20 Å². The van der Waals surface area contributed by atoms with Crippen LogP contribution < -0.4 is 0 Å². The zero-order valence-corrected chi connectivity index (χ0v) is 7.01. The Hall–Kier alpha value is -1.51. The van der Waals surface area contributed by atoms with Crippen LogP contribution in [0.5, 0.6) is 0 Å². The Morgan fingerprint density at radius 1 is 1.15 bits per heavy atom. The first-order valence-electron chi connectivity index (χ1n) is 3.89. The minimum atomic E-state index is -0.567. The molecule has 0 spiro atoms. The molecule has 0 radical (unpaired) electrons. The van der Waals surface area contributed by atoms with Crippen molar-refractivity contribution in [2.24, 2.45) is 0 Å². The number of fused-ring (bicyclic) bond motifs is 1. The molecule has 0 saturated heterocycles. The highest BCUT2D eigenvalue weighted by Crippen LogP contribution is 2.20. The standard InChI is InChI=1S/C10H7F2N/c1-6-4-8(12)10-7(11)2-3-13-9(10)5-6/h2-5H,1H3. The van der Waals surface area contributed by atoms with Crippen LogP contribution in [0.4, 0.5) is 8.78 Å². The molecule has 0 saturated carbocycles. The number of aromatic nitrogens is 1. The first kappa shape index (κ1) is 8.10. The van der Waals surface area contributed by atoms with Crippen molar-refractivity contribution in [1.29, 1.82) is 0 Å². The summed E-state index contributed by atoms with van der Waals surface area (Å²) in [5.74, 6) is -1.12. The van der Waals surface area contributed by atoms with E-state index in [0.29, 0.717) is 5.52 Å². The molecule has 0 aliphatic heterocycles. The predicted octanol–water partition coefficient (Wildman–Crippen LogP) is 2.82. The van der Waals surface area contributed by atoms with E-state index in [-0.39, 0.29) is 5.39 Å². The monoisotopic (exact) mass is 179 g/mol. The van der Waals surface area contributed by atoms with E-state index in [9.17, 15) is 8.78 Å². The van der Waals surface area contributed by atoms with Crippen molar-refractivity contribution >= 4 is 10.9 Å². The number of nitrogens with zero attached hydrogens (tertiary/aromatic N) is 1. The molecule has 0 fully saturated rings. The molecule has 1 nitrogen and oxygen atoms in total. The van der Waals surface area contributed by atoms with Crippen molar-refractivity contribution in [3.05, 3.63) is 41.6 Å². The minimum absolute atomic E-state index is 0.0342. The number of rotatable bonds is 0. The van der Waals surface area contributed by atoms with Crippen LogP contribution in [0.3, 0.4) is 0 Å². The zero-order valence-electron chi connectivity index (χ0n) is 7.01. The maximum atomic E-state index is 13.2. The summed E-state index contributed by atoms with van der Waals surface area (Å²) in [6, 6.07) is 4.11. The molecule has 3 heteroatoms. The second-order valence-corrected chi connectivity index (χ2v) is 2.93. The molecule has 0 bridgehead atoms. The van der Waals surface area contributed by atoms with Crippen molar-refractivity contribution in [3.63, 3.8) is 0 Å². The Balaban J connectivity index is 2.94. The molecule has 0 aliphatic rings. The fraction of sp³-hybridized carbons (Fsp3) is 0.100. The Labute approximate surface area is 74.0 Å². The number of hydrogen-bond acceptors (Lipinski definition) is 1. The summed E-state index contributed by atoms with van der Waals surface area (Å²) in [4.78, 5) is 3.88. The molecule has 1 aromatic heterocycles. The molecule has 0 amide bonds. The van der Waals surface area contributed by atoms with E-state index in [1.165, 1.54) is 12.3 Å². The second-order valence-electron chi connectivity index (χ2n) is 2.93. The molecule has 66 valence electrons. The van der Waals surface area contributed by atoms with Gasteiger partial charge >= 0.3 is 0 Å². The Morgan fingerprint density at radius 3 is 2.69 bits per heavy atom. The van der Waals surface area contributed by atoms with E-state index in [2.05, 4.69) is 4.98 Å². The molecule has 0 N–H and O–H groups in total. The highest BCUT2D eigenvalue weighted by atomic mass is 19.1. The molecule has 2 rings (SSSR count). The summed E-state index contributed by atoms with van der Waals surface area (Å²) in [6.45, 7) is 1.75. The number of pyridine rings is 1. The quantitative estimate of drug-likeness (QED) is 0.606. The fourth-order valence-electron chi connectivity index (χ4n) is 1.33. The van der Waals surface area contributed by atoms with Gasteiger partial charge in [0.1, 0.15) is 11.6 Å². The first-order valence-corrected chi connectivity index (χ1v) is 3.89. The van der Waals surface area contributed by atoms with Gasteiger partial charge in [-0.1, -0.05) is 0 Å². The van der Waals surface area contributed by atoms with Gasteiger partial charge in [0.05, 0.1) is 10.9 Å². The van der Waals surface area contributed by atoms with Gasteiger partial charge in [-0.3, -0.25) is 4.98 Å². The van der Waals surface area contributed by atoms with E-state index < -0.39 is 11.6 Å². The van der Waals surface area contributed by atoms with Crippen molar-refractivity contribution in [2.75, 3.05) is 0 Å². The lowest BCUT2D eigenvalue weighted by molar-refractivity contribution is 0.606. The first-order chi connectivity index (χ1) is 6.18. The van der Waals surface area contributed by atoms with Crippen molar-refractivity contribution in [3.8, 4) is 0 Å². The molecular weight excluding hydrogens is 172 g/mol. The number of hydrogen-bond donors (Lipinski definition) is 0. The summed E-state index contributed by atoms with van der Waals surface area (Å²) >= 11 is 0. The van der Waals surface area contributed by atoms with Gasteiger partial charge in [-0.15, -0.1) is 0 Å². The van der Waals surface area contributed by atoms with Gasteiger partial charge in [0.25, 0.3) is 0 Å². The summed E-state index contributed by atoms with van der Waals surface area (Å²) in [5.41, 5.74) is 1.10. The van der Waals surface area contributed by atoms with Crippen LogP contribution in [0.25, 0.3) is 10.9 Å². The minimum Gasteiger partial charge on any atom is -0.256 e. The lowest BCUT2D eigenvalue weighted by atomic mass is 10.1. The zero-order chi connectivity index (χ0) is 9.42. The van der Waals surface area contributed by atoms with Gasteiger partial charge in [0.15, 0.2) is 0 Å². The maximum Gasteiger partial charge on any atom is 0.137 e. The van der Waals surface area contributed by atoms with Crippen molar-refractivity contribution in [2.45, 2.75) is 6.92 Å². The van der Waals surface area contributed by atoms with Crippen LogP contribution in [-0.4, -0.2) is 4.98 Å². The third-order valence-corrected chi connectivity index (χ3v) is 1.89. The third kappa shape index (κ3) is 1.26. The summed E-state index contributed by atoms with van der Waals surface area (Å²) in [5, 5.41) is -0.0342. The lowest BCUT2D eigenvalue weighted by Gasteiger charge is -2.01. The maximum absolute atomic E-state index is 13.2. The van der Waals surface area contributed by atoms with Gasteiger partial charge in [-0.2, -0.15) is 0 Å². The van der Waals surface area contributed by atoms with E-state index in [4.69, 9.17) is 0 Å². The van der Waals surface area contributed by atoms with Crippen LogP contribution in [0.2, 0.25) is 0 Å². The van der Waals surface area contributed by atoms with Crippen molar-refractivity contribution < 1.29 is 8.78 Å². The van der Waals surface area contributed by atoms with Gasteiger partial charge in [-0.25, -0.2) is 8.78 Å². The largest absolute Gasteiger partial charge is 0.256 e. The van der Waals surface area contributed by atoms with Crippen molar-refractivity contribution in [1.82, 2.24) is 4.98 Å². The van der Waals surface area contributed by atoms with Crippen LogP contribution in [0, 0.1) is 18.6 Å². The summed E-state index contributed by atoms with van der Waals surface area (Å²) < 4.78 is 26.3. The number of aryl methyl sites for hydroxylation is 1. The highest BCUT2D eigenvalue weighted by Gasteiger charge is 2.07. The topological polar surface area (TPSA) is 12.9 Å². The molecule has 0 unspecified atom stereocenters. The molecule has 1 aromatic carbocycles. The number of halogens is 2. The predicted molar refractivity (Wildman–Crippen MR) is 46.4 cm³/mol. The molecule has 0 atom stereocenters. The normalized spacial score (nSPS) is 10.7. The van der Waals surface area contributed by atoms with E-state index in [0.717, 1.165) is 11.6 Å². The van der Waals surface area contributed by atoms with Gasteiger partial charge in [0.2, 0.25) is 0 Å². The van der Waals surface area contributed by atoms with Crippen LogP contribution >= 0.6 is 0 Å². The second kappa shape index (κ2) is 2.76. The molecular formula is C10H7F2N. The smallest absolute Gasteiger partial charge is 0.137 e. The Kier molecular flexibility index (Phi) is 1.72. The average molecular weight is 179 g/mol. The number of benzene rings is 1. The van der Waals surface area contributed by atoms with Gasteiger partial charge in [-0.05, 0) is 30.7 Å². The van der Waals surface area contributed by atoms with E-state index in [1.54, 1.807) is 13.0 Å². The molecule has 1 heterocycles. The van der Waals surface area contributed by atoms with E-state index >= 15 is 0 Å². The molecule has 0 aliphatic carbocycles. The highest BCUT2D eigenvalue weighted by molar-refractivity contribution is 5.80. The van der Waals surface area contributed by atoms with Crippen LogP contribution in [-0.2, 0) is 0 Å². The summed E-state index contributed by atoms with van der Waals surface area (Å²) in [7, 11) is 0. The molecule has 2 aromatic rings. The van der Waals surface area contributed by atoms with Gasteiger partial charge < -0.3 is 0 Å². The average Bonchev–Trinajstić information content (AvgIpc) is 2.02. The summed E-state index contributed by atoms with van der Waals surface area (Å²) in [6.07, 6.45) is 1.33. The molecule has 13 heavy (non-hydrogen) atoms. The third-order valence-electron chi connectivity index (χ3n) is 1.89. The Morgan fingerprint density at radius 2 is 1.92 bits per heavy atom. The fourth-order valence-corrected chi connectivity index (χ4v) is 1.33. The SMILES string of the molecule is Cc1cc(F)c2c(F)ccnc2c1. The Bertz CT molecular complexity index is 466. The van der Waals surface area contributed by atoms with Crippen LogP contribution in [0.1, 0.15) is 5.56 Å².